The molecule has 0 aliphatic heterocycles. The molecule has 2 aromatic carbocycles. The molecule has 1 unspecified atom stereocenters. The van der Waals surface area contributed by atoms with Gasteiger partial charge in [0, 0.05) is 11.4 Å². The molecule has 1 atom stereocenters. The fraction of sp³-hybridized carbons (Fsp3) is 0.519. The summed E-state index contributed by atoms with van der Waals surface area (Å²) in [7, 11) is -1.89. The van der Waals surface area contributed by atoms with Crippen LogP contribution >= 0.6 is 0 Å². The first kappa shape index (κ1) is 26.1. The molecule has 0 saturated heterocycles. The first-order chi connectivity index (χ1) is 15.0. The molecule has 0 amide bonds. The molecular weight excluding hydrogens is 414 g/mol. The highest BCUT2D eigenvalue weighted by atomic mass is 28.4. The van der Waals surface area contributed by atoms with E-state index < -0.39 is 8.32 Å². The Kier molecular flexibility index (Phi) is 9.11. The number of benzene rings is 2. The highest BCUT2D eigenvalue weighted by Gasteiger charge is 2.40. The number of rotatable bonds is 10. The molecule has 0 radical (unpaired) electrons. The van der Waals surface area contributed by atoms with Gasteiger partial charge in [-0.1, -0.05) is 59.6 Å². The van der Waals surface area contributed by atoms with E-state index in [0.29, 0.717) is 18.1 Å². The van der Waals surface area contributed by atoms with Crippen LogP contribution in [-0.2, 0) is 9.16 Å². The van der Waals surface area contributed by atoms with E-state index in [4.69, 9.17) is 9.16 Å². The second-order valence-corrected chi connectivity index (χ2v) is 14.7. The zero-order valence-electron chi connectivity index (χ0n) is 21.1. The highest BCUT2D eigenvalue weighted by molar-refractivity contribution is 6.74. The van der Waals surface area contributed by atoms with Gasteiger partial charge in [0.2, 0.25) is 0 Å². The van der Waals surface area contributed by atoms with Gasteiger partial charge in [-0.25, -0.2) is 4.79 Å². The summed E-state index contributed by atoms with van der Waals surface area (Å²) in [6.07, 6.45) is 2.31. The molecule has 0 aliphatic rings. The zero-order valence-corrected chi connectivity index (χ0v) is 22.1. The van der Waals surface area contributed by atoms with Crippen LogP contribution in [0, 0.1) is 5.92 Å². The Bertz CT molecular complexity index is 850. The summed E-state index contributed by atoms with van der Waals surface area (Å²) in [6.45, 7) is 18.2. The average molecular weight is 456 g/mol. The molecule has 0 fully saturated rings. The minimum Gasteiger partial charge on any atom is -0.462 e. The van der Waals surface area contributed by atoms with Crippen LogP contribution in [0.1, 0.15) is 76.4 Å². The third kappa shape index (κ3) is 6.69. The van der Waals surface area contributed by atoms with Gasteiger partial charge in [0.15, 0.2) is 8.32 Å². The van der Waals surface area contributed by atoms with Crippen molar-refractivity contribution in [3.8, 4) is 0 Å². The van der Waals surface area contributed by atoms with Gasteiger partial charge in [-0.3, -0.25) is 0 Å². The maximum Gasteiger partial charge on any atom is 0.338 e. The van der Waals surface area contributed by atoms with Crippen LogP contribution < -0.4 is 5.32 Å². The van der Waals surface area contributed by atoms with Crippen molar-refractivity contribution in [3.05, 3.63) is 59.7 Å². The standard InChI is InChI=1S/C27H41NO3Si/c1-9-20(10-2)25(31-32(7,8)27(4,5)6)21-12-16-23(17-13-21)28-24-18-14-22(15-19-24)26(29)30-11-3/h12-20,25,28H,9-11H2,1-8H3. The molecule has 5 heteroatoms. The number of carbonyl (C=O) groups excluding carboxylic acids is 1. The van der Waals surface area contributed by atoms with Crippen molar-refractivity contribution < 1.29 is 14.0 Å². The minimum atomic E-state index is -1.89. The summed E-state index contributed by atoms with van der Waals surface area (Å²) in [6, 6.07) is 16.0. The Hall–Kier alpha value is -2.11. The Morgan fingerprint density at radius 3 is 1.84 bits per heavy atom. The van der Waals surface area contributed by atoms with Gasteiger partial charge in [-0.2, -0.15) is 0 Å². The molecule has 2 rings (SSSR count). The first-order valence-electron chi connectivity index (χ1n) is 11.8. The molecule has 0 bridgehead atoms. The quantitative estimate of drug-likeness (QED) is 0.290. The Labute approximate surface area is 195 Å². The molecule has 4 nitrogen and oxygen atoms in total. The van der Waals surface area contributed by atoms with Crippen molar-refractivity contribution in [2.24, 2.45) is 5.92 Å². The van der Waals surface area contributed by atoms with E-state index in [0.717, 1.165) is 24.2 Å². The largest absolute Gasteiger partial charge is 0.462 e. The fourth-order valence-corrected chi connectivity index (χ4v) is 4.79. The molecule has 0 saturated carbocycles. The van der Waals surface area contributed by atoms with Crippen LogP contribution in [0.2, 0.25) is 18.1 Å². The molecule has 0 aliphatic carbocycles. The lowest BCUT2D eigenvalue weighted by Gasteiger charge is -2.41. The fourth-order valence-electron chi connectivity index (χ4n) is 3.47. The van der Waals surface area contributed by atoms with Crippen molar-refractivity contribution in [1.29, 1.82) is 0 Å². The number of hydrogen-bond acceptors (Lipinski definition) is 4. The molecule has 0 spiro atoms. The average Bonchev–Trinajstić information content (AvgIpc) is 2.74. The van der Waals surface area contributed by atoms with Gasteiger partial charge in [-0.05, 0) is 72.9 Å². The Morgan fingerprint density at radius 2 is 1.41 bits per heavy atom. The molecule has 32 heavy (non-hydrogen) atoms. The highest BCUT2D eigenvalue weighted by Crippen LogP contribution is 2.43. The number of anilines is 2. The summed E-state index contributed by atoms with van der Waals surface area (Å²) in [4.78, 5) is 11.8. The van der Waals surface area contributed by atoms with Gasteiger partial charge in [0.25, 0.3) is 0 Å². The predicted octanol–water partition coefficient (Wildman–Crippen LogP) is 8.11. The van der Waals surface area contributed by atoms with E-state index in [-0.39, 0.29) is 17.1 Å². The number of hydrogen-bond donors (Lipinski definition) is 1. The van der Waals surface area contributed by atoms with Gasteiger partial charge < -0.3 is 14.5 Å². The van der Waals surface area contributed by atoms with E-state index >= 15 is 0 Å². The van der Waals surface area contributed by atoms with Crippen LogP contribution in [0.4, 0.5) is 11.4 Å². The van der Waals surface area contributed by atoms with Crippen LogP contribution in [0.5, 0.6) is 0 Å². The zero-order chi connectivity index (χ0) is 23.9. The number of esters is 1. The summed E-state index contributed by atoms with van der Waals surface area (Å²) >= 11 is 0. The molecular formula is C27H41NO3Si. The number of carbonyl (C=O) groups is 1. The van der Waals surface area contributed by atoms with Crippen molar-refractivity contribution in [3.63, 3.8) is 0 Å². The van der Waals surface area contributed by atoms with Gasteiger partial charge >= 0.3 is 5.97 Å². The van der Waals surface area contributed by atoms with Gasteiger partial charge in [-0.15, -0.1) is 0 Å². The Morgan fingerprint density at radius 1 is 0.906 bits per heavy atom. The third-order valence-corrected chi connectivity index (χ3v) is 11.1. The summed E-state index contributed by atoms with van der Waals surface area (Å²) < 4.78 is 12.0. The van der Waals surface area contributed by atoms with Crippen molar-refractivity contribution >= 4 is 25.7 Å². The lowest BCUT2D eigenvalue weighted by atomic mass is 9.91. The third-order valence-electron chi connectivity index (χ3n) is 6.63. The minimum absolute atomic E-state index is 0.115. The summed E-state index contributed by atoms with van der Waals surface area (Å²) in [5.41, 5.74) is 3.74. The molecule has 0 heterocycles. The van der Waals surface area contributed by atoms with E-state index in [2.05, 4.69) is 77.3 Å². The van der Waals surface area contributed by atoms with E-state index in [9.17, 15) is 4.79 Å². The SMILES string of the molecule is CCOC(=O)c1ccc(Nc2ccc(C(O[Si](C)(C)C(C)(C)C)C(CC)CC)cc2)cc1. The van der Waals surface area contributed by atoms with Crippen molar-refractivity contribution in [2.75, 3.05) is 11.9 Å². The first-order valence-corrected chi connectivity index (χ1v) is 14.7. The molecule has 2 aromatic rings. The Balaban J connectivity index is 2.19. The van der Waals surface area contributed by atoms with E-state index in [1.54, 1.807) is 12.1 Å². The van der Waals surface area contributed by atoms with Crippen LogP contribution in [0.3, 0.4) is 0 Å². The predicted molar refractivity (Wildman–Crippen MR) is 137 cm³/mol. The molecule has 0 aromatic heterocycles. The normalized spacial score (nSPS) is 13.2. The smallest absolute Gasteiger partial charge is 0.338 e. The molecule has 1 N–H and O–H groups in total. The topological polar surface area (TPSA) is 47.6 Å². The van der Waals surface area contributed by atoms with Crippen molar-refractivity contribution in [2.45, 2.75) is 78.6 Å². The summed E-state index contributed by atoms with van der Waals surface area (Å²) in [5, 5.41) is 3.59. The van der Waals surface area contributed by atoms with Crippen LogP contribution in [-0.4, -0.2) is 20.9 Å². The molecule has 176 valence electrons. The van der Waals surface area contributed by atoms with Crippen LogP contribution in [0.25, 0.3) is 0 Å². The number of ether oxygens (including phenoxy) is 1. The lowest BCUT2D eigenvalue weighted by Crippen LogP contribution is -2.43. The van der Waals surface area contributed by atoms with E-state index in [1.165, 1.54) is 5.56 Å². The second-order valence-electron chi connectivity index (χ2n) is 9.92. The monoisotopic (exact) mass is 455 g/mol. The second kappa shape index (κ2) is 11.1. The van der Waals surface area contributed by atoms with Crippen molar-refractivity contribution in [1.82, 2.24) is 0 Å². The van der Waals surface area contributed by atoms with Gasteiger partial charge in [0.05, 0.1) is 18.3 Å². The lowest BCUT2D eigenvalue weighted by molar-refractivity contribution is 0.0526. The summed E-state index contributed by atoms with van der Waals surface area (Å²) in [5.74, 6) is 0.205. The van der Waals surface area contributed by atoms with Crippen LogP contribution in [0.15, 0.2) is 48.5 Å². The van der Waals surface area contributed by atoms with Gasteiger partial charge in [0.1, 0.15) is 0 Å². The number of nitrogens with one attached hydrogen (secondary N) is 1. The van der Waals surface area contributed by atoms with E-state index in [1.807, 2.05) is 19.1 Å². The maximum atomic E-state index is 11.8. The maximum absolute atomic E-state index is 11.8.